The minimum absolute atomic E-state index is 0.00244. The van der Waals surface area contributed by atoms with E-state index in [2.05, 4.69) is 39.9 Å². The number of amides is 1. The number of nitrogens with one attached hydrogen (secondary N) is 1. The van der Waals surface area contributed by atoms with Crippen molar-refractivity contribution in [3.8, 4) is 0 Å². The summed E-state index contributed by atoms with van der Waals surface area (Å²) in [5.41, 5.74) is -0.0569. The topological polar surface area (TPSA) is 81.7 Å². The Labute approximate surface area is 229 Å². The molecule has 6 heteroatoms. The van der Waals surface area contributed by atoms with Crippen molar-refractivity contribution in [3.63, 3.8) is 0 Å². The predicted octanol–water partition coefficient (Wildman–Crippen LogP) is 6.06. The molecule has 10 atom stereocenters. The van der Waals surface area contributed by atoms with Gasteiger partial charge in [0.05, 0.1) is 12.5 Å². The van der Waals surface area contributed by atoms with Gasteiger partial charge in [-0.3, -0.25) is 14.4 Å². The molecular weight excluding hydrogens is 478 g/mol. The van der Waals surface area contributed by atoms with Gasteiger partial charge in [-0.25, -0.2) is 0 Å². The fourth-order valence-corrected chi connectivity index (χ4v) is 12.0. The van der Waals surface area contributed by atoms with E-state index in [0.29, 0.717) is 17.8 Å². The number of hydrogen-bond donors (Lipinski definition) is 1. The van der Waals surface area contributed by atoms with E-state index in [0.717, 1.165) is 51.4 Å². The highest BCUT2D eigenvalue weighted by molar-refractivity contribution is 5.79. The van der Waals surface area contributed by atoms with Gasteiger partial charge >= 0.3 is 11.9 Å². The third kappa shape index (κ3) is 3.59. The highest BCUT2D eigenvalue weighted by Gasteiger charge is 2.72. The van der Waals surface area contributed by atoms with Gasteiger partial charge < -0.3 is 14.8 Å². The van der Waals surface area contributed by atoms with Gasteiger partial charge in [-0.2, -0.15) is 0 Å². The zero-order chi connectivity index (χ0) is 27.9. The Morgan fingerprint density at radius 2 is 1.47 bits per heavy atom. The summed E-state index contributed by atoms with van der Waals surface area (Å²) in [6.07, 6.45) is 10.2. The summed E-state index contributed by atoms with van der Waals surface area (Å²) >= 11 is 0. The first-order valence-electron chi connectivity index (χ1n) is 15.2. The maximum absolute atomic E-state index is 13.4. The summed E-state index contributed by atoms with van der Waals surface area (Å²) < 4.78 is 11.3. The van der Waals surface area contributed by atoms with Gasteiger partial charge in [-0.1, -0.05) is 34.6 Å². The lowest BCUT2D eigenvalue weighted by Gasteiger charge is -2.72. The minimum Gasteiger partial charge on any atom is -0.469 e. The highest BCUT2D eigenvalue weighted by Crippen LogP contribution is 2.77. The van der Waals surface area contributed by atoms with E-state index >= 15 is 0 Å². The highest BCUT2D eigenvalue weighted by atomic mass is 16.5. The molecule has 5 aliphatic rings. The molecule has 0 radical (unpaired) electrons. The second kappa shape index (κ2) is 8.96. The van der Waals surface area contributed by atoms with Crippen molar-refractivity contribution < 1.29 is 23.9 Å². The van der Waals surface area contributed by atoms with E-state index in [-0.39, 0.29) is 57.6 Å². The van der Waals surface area contributed by atoms with Crippen LogP contribution >= 0.6 is 0 Å². The van der Waals surface area contributed by atoms with Crippen LogP contribution in [0.2, 0.25) is 0 Å². The Kier molecular flexibility index (Phi) is 6.59. The number of hydrogen-bond acceptors (Lipinski definition) is 5. The first kappa shape index (κ1) is 28.0. The average Bonchev–Trinajstić information content (AvgIpc) is 3.19. The van der Waals surface area contributed by atoms with Crippen molar-refractivity contribution >= 4 is 17.8 Å². The second-order valence-electron chi connectivity index (χ2n) is 15.1. The molecule has 5 saturated carbocycles. The van der Waals surface area contributed by atoms with Crippen LogP contribution in [-0.2, 0) is 23.9 Å². The van der Waals surface area contributed by atoms with Crippen LogP contribution < -0.4 is 5.32 Å². The normalized spacial score (nSPS) is 48.9. The van der Waals surface area contributed by atoms with E-state index in [4.69, 9.17) is 9.47 Å². The van der Waals surface area contributed by atoms with Crippen LogP contribution in [0.4, 0.5) is 0 Å². The zero-order valence-corrected chi connectivity index (χ0v) is 25.1. The van der Waals surface area contributed by atoms with Gasteiger partial charge in [-0.05, 0) is 104 Å². The Balaban J connectivity index is 1.51. The van der Waals surface area contributed by atoms with Gasteiger partial charge in [0.1, 0.15) is 6.10 Å². The zero-order valence-electron chi connectivity index (χ0n) is 25.1. The van der Waals surface area contributed by atoms with E-state index in [1.165, 1.54) is 20.0 Å². The molecule has 6 nitrogen and oxygen atoms in total. The standard InChI is InChI=1S/C32H51NO5/c1-19(34)33-22-11-16-32(27(36)37-8)18-17-30(6)21(26(22)32)9-10-24-29(5)14-13-25(38-20(2)35)28(3,4)23(29)12-15-31(24,30)7/h21-26H,9-18H2,1-8H3,(H,33,34)/t21-,22-,23+,24-,25+,26+,29+,30-,31-,32+/m1/s1. The molecule has 0 spiro atoms. The van der Waals surface area contributed by atoms with Crippen molar-refractivity contribution in [2.75, 3.05) is 7.11 Å². The van der Waals surface area contributed by atoms with Gasteiger partial charge in [0.25, 0.3) is 0 Å². The molecule has 5 rings (SSSR count). The predicted molar refractivity (Wildman–Crippen MR) is 146 cm³/mol. The second-order valence-corrected chi connectivity index (χ2v) is 15.1. The number of methoxy groups -OCH3 is 1. The summed E-state index contributed by atoms with van der Waals surface area (Å²) in [5, 5.41) is 3.28. The Bertz CT molecular complexity index is 1010. The molecule has 0 saturated heterocycles. The molecule has 5 aliphatic carbocycles. The summed E-state index contributed by atoms with van der Waals surface area (Å²) in [5.74, 6) is 1.41. The summed E-state index contributed by atoms with van der Waals surface area (Å²) in [6.45, 7) is 15.5. The maximum Gasteiger partial charge on any atom is 0.312 e. The van der Waals surface area contributed by atoms with Crippen LogP contribution in [0.1, 0.15) is 113 Å². The fourth-order valence-electron chi connectivity index (χ4n) is 12.0. The number of fused-ring (bicyclic) bond motifs is 7. The van der Waals surface area contributed by atoms with Crippen LogP contribution in [0, 0.1) is 50.7 Å². The quantitative estimate of drug-likeness (QED) is 0.449. The minimum atomic E-state index is -0.472. The van der Waals surface area contributed by atoms with Gasteiger partial charge in [0, 0.05) is 25.3 Å². The maximum atomic E-state index is 13.4. The molecule has 0 aromatic rings. The van der Waals surface area contributed by atoms with E-state index < -0.39 is 5.41 Å². The van der Waals surface area contributed by atoms with Crippen molar-refractivity contribution in [1.82, 2.24) is 5.32 Å². The van der Waals surface area contributed by atoms with Crippen molar-refractivity contribution in [2.24, 2.45) is 50.7 Å². The third-order valence-corrected chi connectivity index (χ3v) is 13.7. The first-order chi connectivity index (χ1) is 17.7. The van der Waals surface area contributed by atoms with Gasteiger partial charge in [0.15, 0.2) is 0 Å². The molecule has 0 aromatic heterocycles. The third-order valence-electron chi connectivity index (χ3n) is 13.7. The Hall–Kier alpha value is -1.59. The molecule has 0 bridgehead atoms. The Morgan fingerprint density at radius 1 is 0.763 bits per heavy atom. The van der Waals surface area contributed by atoms with Crippen molar-refractivity contribution in [2.45, 2.75) is 125 Å². The van der Waals surface area contributed by atoms with E-state index in [1.807, 2.05) is 0 Å². The van der Waals surface area contributed by atoms with Crippen LogP contribution in [0.25, 0.3) is 0 Å². The first-order valence-corrected chi connectivity index (χ1v) is 15.2. The molecule has 0 aliphatic heterocycles. The van der Waals surface area contributed by atoms with Crippen molar-refractivity contribution in [3.05, 3.63) is 0 Å². The molecule has 214 valence electrons. The molecule has 0 aromatic carbocycles. The molecule has 0 unspecified atom stereocenters. The lowest BCUT2D eigenvalue weighted by Crippen LogP contribution is -2.68. The lowest BCUT2D eigenvalue weighted by atomic mass is 9.32. The SMILES string of the molecule is COC(=O)[C@]12CC[C@@H](NC(C)=O)[C@@H]1[C@H]1CC[C@@H]3[C@@]4(C)CC[C@H](OC(C)=O)C(C)(C)[C@@H]4CC[C@@]3(C)[C@]1(C)CC2. The fraction of sp³-hybridized carbons (Fsp3) is 0.906. The van der Waals surface area contributed by atoms with Crippen molar-refractivity contribution in [1.29, 1.82) is 0 Å². The molecule has 38 heavy (non-hydrogen) atoms. The summed E-state index contributed by atoms with van der Waals surface area (Å²) in [4.78, 5) is 37.6. The molecule has 5 fully saturated rings. The van der Waals surface area contributed by atoms with E-state index in [9.17, 15) is 14.4 Å². The molecule has 1 N–H and O–H groups in total. The number of carbonyl (C=O) groups is 3. The number of ether oxygens (including phenoxy) is 2. The van der Waals surface area contributed by atoms with Crippen LogP contribution in [0.5, 0.6) is 0 Å². The van der Waals surface area contributed by atoms with Crippen LogP contribution in [0.15, 0.2) is 0 Å². The van der Waals surface area contributed by atoms with Gasteiger partial charge in [-0.15, -0.1) is 0 Å². The van der Waals surface area contributed by atoms with Gasteiger partial charge in [0.2, 0.25) is 5.91 Å². The van der Waals surface area contributed by atoms with Crippen LogP contribution in [0.3, 0.4) is 0 Å². The average molecular weight is 530 g/mol. The Morgan fingerprint density at radius 3 is 2.11 bits per heavy atom. The number of esters is 2. The summed E-state index contributed by atoms with van der Waals surface area (Å²) in [7, 11) is 1.53. The molecule has 0 heterocycles. The lowest BCUT2D eigenvalue weighted by molar-refractivity contribution is -0.249. The van der Waals surface area contributed by atoms with E-state index in [1.54, 1.807) is 13.8 Å². The largest absolute Gasteiger partial charge is 0.469 e. The molecular formula is C32H51NO5. The smallest absolute Gasteiger partial charge is 0.312 e. The number of carbonyl (C=O) groups excluding carboxylic acids is 3. The molecule has 1 amide bonds. The number of rotatable bonds is 3. The summed E-state index contributed by atoms with van der Waals surface area (Å²) in [6, 6.07) is 0.0430. The monoisotopic (exact) mass is 529 g/mol. The van der Waals surface area contributed by atoms with Crippen LogP contribution in [-0.4, -0.2) is 37.1 Å².